The van der Waals surface area contributed by atoms with E-state index in [1.165, 1.54) is 11.3 Å². The van der Waals surface area contributed by atoms with Crippen molar-refractivity contribution in [3.8, 4) is 0 Å². The van der Waals surface area contributed by atoms with Crippen LogP contribution in [0.5, 0.6) is 0 Å². The van der Waals surface area contributed by atoms with Crippen molar-refractivity contribution in [3.63, 3.8) is 0 Å². The molecular weight excluding hydrogens is 300 g/mol. The van der Waals surface area contributed by atoms with Gasteiger partial charge in [-0.05, 0) is 19.2 Å². The van der Waals surface area contributed by atoms with Crippen LogP contribution in [-0.2, 0) is 9.53 Å². The molecule has 118 valence electrons. The SMILES string of the molecule is COCC(c1ccccn1)N(C)CCC(=O)Nc1nccs1. The average Bonchev–Trinajstić information content (AvgIpc) is 3.04. The monoisotopic (exact) mass is 320 g/mol. The minimum atomic E-state index is -0.0426. The van der Waals surface area contributed by atoms with Crippen molar-refractivity contribution in [2.75, 3.05) is 32.6 Å². The van der Waals surface area contributed by atoms with Gasteiger partial charge in [-0.2, -0.15) is 0 Å². The highest BCUT2D eigenvalue weighted by Crippen LogP contribution is 2.18. The van der Waals surface area contributed by atoms with Crippen LogP contribution >= 0.6 is 11.3 Å². The molecule has 0 radical (unpaired) electrons. The number of thiazole rings is 1. The predicted molar refractivity (Wildman–Crippen MR) is 86.8 cm³/mol. The maximum atomic E-state index is 11.9. The Morgan fingerprint density at radius 3 is 2.91 bits per heavy atom. The van der Waals surface area contributed by atoms with E-state index in [9.17, 15) is 4.79 Å². The van der Waals surface area contributed by atoms with Crippen molar-refractivity contribution in [1.29, 1.82) is 0 Å². The molecule has 0 aliphatic carbocycles. The topological polar surface area (TPSA) is 67.3 Å². The number of aromatic nitrogens is 2. The molecule has 0 aliphatic rings. The molecule has 2 rings (SSSR count). The molecule has 0 saturated carbocycles. The molecule has 6 nitrogen and oxygen atoms in total. The van der Waals surface area contributed by atoms with Crippen LogP contribution in [0.25, 0.3) is 0 Å². The number of rotatable bonds is 8. The van der Waals surface area contributed by atoms with E-state index in [-0.39, 0.29) is 11.9 Å². The highest BCUT2D eigenvalue weighted by molar-refractivity contribution is 7.13. The van der Waals surface area contributed by atoms with Crippen molar-refractivity contribution in [2.24, 2.45) is 0 Å². The molecule has 0 aliphatic heterocycles. The molecular formula is C15H20N4O2S. The Labute approximate surface area is 134 Å². The number of carbonyl (C=O) groups excluding carboxylic acids is 1. The van der Waals surface area contributed by atoms with Crippen molar-refractivity contribution in [3.05, 3.63) is 41.7 Å². The quantitative estimate of drug-likeness (QED) is 0.807. The summed E-state index contributed by atoms with van der Waals surface area (Å²) in [6.07, 6.45) is 3.83. The minimum absolute atomic E-state index is 0.0267. The maximum absolute atomic E-state index is 11.9. The van der Waals surface area contributed by atoms with Crippen LogP contribution in [0.15, 0.2) is 36.0 Å². The van der Waals surface area contributed by atoms with Gasteiger partial charge in [0.2, 0.25) is 5.91 Å². The van der Waals surface area contributed by atoms with Gasteiger partial charge in [0.05, 0.1) is 18.3 Å². The molecule has 0 fully saturated rings. The van der Waals surface area contributed by atoms with E-state index in [4.69, 9.17) is 4.74 Å². The third-order valence-electron chi connectivity index (χ3n) is 3.26. The van der Waals surface area contributed by atoms with Gasteiger partial charge in [0, 0.05) is 37.8 Å². The first-order chi connectivity index (χ1) is 10.7. The third kappa shape index (κ3) is 4.87. The summed E-state index contributed by atoms with van der Waals surface area (Å²) >= 11 is 1.41. The van der Waals surface area contributed by atoms with Gasteiger partial charge in [0.25, 0.3) is 0 Å². The lowest BCUT2D eigenvalue weighted by Crippen LogP contribution is -2.31. The van der Waals surface area contributed by atoms with Gasteiger partial charge >= 0.3 is 0 Å². The fourth-order valence-corrected chi connectivity index (χ4v) is 2.62. The molecule has 2 heterocycles. The number of nitrogens with one attached hydrogen (secondary N) is 1. The summed E-state index contributed by atoms with van der Waals surface area (Å²) in [4.78, 5) is 22.4. The molecule has 1 amide bonds. The molecule has 22 heavy (non-hydrogen) atoms. The zero-order chi connectivity index (χ0) is 15.8. The van der Waals surface area contributed by atoms with Crippen LogP contribution in [0.3, 0.4) is 0 Å². The Bertz CT molecular complexity index is 562. The highest BCUT2D eigenvalue weighted by atomic mass is 32.1. The van der Waals surface area contributed by atoms with E-state index < -0.39 is 0 Å². The van der Waals surface area contributed by atoms with E-state index in [0.717, 1.165) is 5.69 Å². The van der Waals surface area contributed by atoms with E-state index in [2.05, 4.69) is 20.2 Å². The summed E-state index contributed by atoms with van der Waals surface area (Å²) in [5.74, 6) is -0.0426. The molecule has 2 aromatic heterocycles. The fraction of sp³-hybridized carbons (Fsp3) is 0.400. The number of anilines is 1. The fourth-order valence-electron chi connectivity index (χ4n) is 2.07. The summed E-state index contributed by atoms with van der Waals surface area (Å²) in [6.45, 7) is 1.14. The molecule has 0 spiro atoms. The van der Waals surface area contributed by atoms with Crippen LogP contribution in [0.4, 0.5) is 5.13 Å². The number of likely N-dealkylation sites (N-methyl/N-ethyl adjacent to an activating group) is 1. The number of nitrogens with zero attached hydrogens (tertiary/aromatic N) is 3. The van der Waals surface area contributed by atoms with Crippen LogP contribution in [-0.4, -0.2) is 48.1 Å². The standard InChI is InChI=1S/C15H20N4O2S/c1-19(9-6-14(20)18-15-17-8-10-22-15)13(11-21-2)12-5-3-4-7-16-12/h3-5,7-8,10,13H,6,9,11H2,1-2H3,(H,17,18,20). The van der Waals surface area contributed by atoms with E-state index in [0.29, 0.717) is 24.7 Å². The number of hydrogen-bond acceptors (Lipinski definition) is 6. The van der Waals surface area contributed by atoms with E-state index in [1.807, 2.05) is 30.6 Å². The predicted octanol–water partition coefficient (Wildman–Crippen LogP) is 2.19. The van der Waals surface area contributed by atoms with E-state index >= 15 is 0 Å². The van der Waals surface area contributed by atoms with Crippen LogP contribution < -0.4 is 5.32 Å². The second kappa shape index (κ2) is 8.57. The second-order valence-electron chi connectivity index (χ2n) is 4.84. The van der Waals surface area contributed by atoms with Gasteiger partial charge in [-0.25, -0.2) is 4.98 Å². The Morgan fingerprint density at radius 1 is 1.41 bits per heavy atom. The Morgan fingerprint density at radius 2 is 2.27 bits per heavy atom. The smallest absolute Gasteiger partial charge is 0.227 e. The Kier molecular flexibility index (Phi) is 6.45. The van der Waals surface area contributed by atoms with Crippen molar-refractivity contribution >= 4 is 22.4 Å². The van der Waals surface area contributed by atoms with Crippen LogP contribution in [0.1, 0.15) is 18.2 Å². The van der Waals surface area contributed by atoms with Gasteiger partial charge in [-0.3, -0.25) is 14.7 Å². The van der Waals surface area contributed by atoms with Crippen molar-refractivity contribution in [1.82, 2.24) is 14.9 Å². The lowest BCUT2D eigenvalue weighted by atomic mass is 10.1. The number of hydrogen-bond donors (Lipinski definition) is 1. The first-order valence-electron chi connectivity index (χ1n) is 7.00. The number of amides is 1. The van der Waals surface area contributed by atoms with Gasteiger partial charge in [0.1, 0.15) is 0 Å². The molecule has 1 atom stereocenters. The average molecular weight is 320 g/mol. The first kappa shape index (κ1) is 16.5. The van der Waals surface area contributed by atoms with E-state index in [1.54, 1.807) is 19.5 Å². The van der Waals surface area contributed by atoms with Crippen molar-refractivity contribution < 1.29 is 9.53 Å². The maximum Gasteiger partial charge on any atom is 0.227 e. The lowest BCUT2D eigenvalue weighted by molar-refractivity contribution is -0.116. The molecule has 0 saturated heterocycles. The van der Waals surface area contributed by atoms with Crippen LogP contribution in [0, 0.1) is 0 Å². The van der Waals surface area contributed by atoms with Crippen molar-refractivity contribution in [2.45, 2.75) is 12.5 Å². The minimum Gasteiger partial charge on any atom is -0.383 e. The summed E-state index contributed by atoms with van der Waals surface area (Å²) in [6, 6.07) is 5.83. The summed E-state index contributed by atoms with van der Waals surface area (Å²) in [5, 5.41) is 5.24. The number of carbonyl (C=O) groups is 1. The van der Waals surface area contributed by atoms with Gasteiger partial charge < -0.3 is 10.1 Å². The zero-order valence-electron chi connectivity index (χ0n) is 12.7. The highest BCUT2D eigenvalue weighted by Gasteiger charge is 2.19. The largest absolute Gasteiger partial charge is 0.383 e. The third-order valence-corrected chi connectivity index (χ3v) is 3.94. The van der Waals surface area contributed by atoms with Gasteiger partial charge in [-0.15, -0.1) is 11.3 Å². The summed E-state index contributed by atoms with van der Waals surface area (Å²) < 4.78 is 5.28. The molecule has 0 aromatic carbocycles. The first-order valence-corrected chi connectivity index (χ1v) is 7.88. The molecule has 2 aromatic rings. The van der Waals surface area contributed by atoms with Gasteiger partial charge in [0.15, 0.2) is 5.13 Å². The summed E-state index contributed by atoms with van der Waals surface area (Å²) in [5.41, 5.74) is 0.937. The molecule has 1 unspecified atom stereocenters. The second-order valence-corrected chi connectivity index (χ2v) is 5.74. The van der Waals surface area contributed by atoms with Crippen LogP contribution in [0.2, 0.25) is 0 Å². The zero-order valence-corrected chi connectivity index (χ0v) is 13.5. The molecule has 7 heteroatoms. The molecule has 0 bridgehead atoms. The summed E-state index contributed by atoms with van der Waals surface area (Å²) in [7, 11) is 3.63. The lowest BCUT2D eigenvalue weighted by Gasteiger charge is -2.26. The Balaban J connectivity index is 1.88. The number of pyridine rings is 1. The normalized spacial score (nSPS) is 12.3. The molecule has 1 N–H and O–H groups in total. The Hall–Kier alpha value is -1.83. The number of ether oxygens (including phenoxy) is 1. The van der Waals surface area contributed by atoms with Gasteiger partial charge in [-0.1, -0.05) is 6.07 Å². The number of methoxy groups -OCH3 is 1.